The number of hydrogen-bond acceptors (Lipinski definition) is 0. The summed E-state index contributed by atoms with van der Waals surface area (Å²) in [4.78, 5) is 0. The molecule has 0 aliphatic carbocycles. The van der Waals surface area contributed by atoms with E-state index in [-0.39, 0.29) is 0 Å². The molecule has 0 saturated carbocycles. The van der Waals surface area contributed by atoms with Gasteiger partial charge in [0.1, 0.15) is 0 Å². The van der Waals surface area contributed by atoms with Crippen molar-refractivity contribution >= 4 is 18.4 Å². The van der Waals surface area contributed by atoms with Gasteiger partial charge < -0.3 is 0 Å². The molecule has 0 aliphatic heterocycles. The van der Waals surface area contributed by atoms with Gasteiger partial charge in [0, 0.05) is 0 Å². The fourth-order valence-electron chi connectivity index (χ4n) is 9.51. The third kappa shape index (κ3) is 6.72. The minimum absolute atomic E-state index is 0.620. The van der Waals surface area contributed by atoms with Gasteiger partial charge in [-0.05, 0) is 0 Å². The van der Waals surface area contributed by atoms with Crippen molar-refractivity contribution < 1.29 is 0 Å². The zero-order valence-corrected chi connectivity index (χ0v) is 27.8. The third-order valence-corrected chi connectivity index (χ3v) is 34.9. The van der Waals surface area contributed by atoms with E-state index < -0.39 is 18.4 Å². The molecule has 0 amide bonds. The molecular weight excluding hydrogens is 491 g/mol. The molecule has 0 rings (SSSR count). The molecule has 0 saturated heterocycles. The molecule has 32 heavy (non-hydrogen) atoms. The molecule has 0 nitrogen and oxygen atoms in total. The summed E-state index contributed by atoms with van der Waals surface area (Å²) in [5.74, 6) is 2.64. The van der Waals surface area contributed by atoms with Crippen LogP contribution in [0.25, 0.3) is 0 Å². The normalized spacial score (nSPS) is 21.8. The van der Waals surface area contributed by atoms with Crippen molar-refractivity contribution in [3.8, 4) is 0 Å². The molecule has 0 heterocycles. The zero-order chi connectivity index (χ0) is 24.9. The van der Waals surface area contributed by atoms with Crippen molar-refractivity contribution in [3.05, 3.63) is 0 Å². The summed E-state index contributed by atoms with van der Waals surface area (Å²) in [7, 11) is 0. The van der Waals surface area contributed by atoms with Crippen molar-refractivity contribution in [3.63, 3.8) is 0 Å². The molecule has 1 heteroatoms. The number of rotatable bonds is 19. The van der Waals surface area contributed by atoms with Crippen LogP contribution in [0.5, 0.6) is 0 Å². The standard InChI is InChI=1S/C16H33.3C5H11.Sn/c1-7-10-13(4)16(14(5)11-8-2)15(6)12-9-3;3*1-3-5-4-2;/h13-15H,7-12H2,1-6H3;3*3H,4-5H2,1-2H3;. The van der Waals surface area contributed by atoms with Gasteiger partial charge in [0.25, 0.3) is 0 Å². The van der Waals surface area contributed by atoms with Crippen molar-refractivity contribution in [1.82, 2.24) is 0 Å². The van der Waals surface area contributed by atoms with Crippen molar-refractivity contribution in [2.75, 3.05) is 0 Å². The van der Waals surface area contributed by atoms with Crippen LogP contribution in [-0.2, 0) is 0 Å². The van der Waals surface area contributed by atoms with E-state index in [2.05, 4.69) is 83.1 Å². The quantitative estimate of drug-likeness (QED) is 0.139. The summed E-state index contributed by atoms with van der Waals surface area (Å²) in [5, 5.41) is 0. The van der Waals surface area contributed by atoms with Crippen molar-refractivity contribution in [1.29, 1.82) is 0 Å². The first-order chi connectivity index (χ1) is 15.1. The predicted molar refractivity (Wildman–Crippen MR) is 154 cm³/mol. The van der Waals surface area contributed by atoms with E-state index in [4.69, 9.17) is 0 Å². The predicted octanol–water partition coefficient (Wildman–Crippen LogP) is 12.1. The van der Waals surface area contributed by atoms with Crippen molar-refractivity contribution in [2.24, 2.45) is 17.8 Å². The topological polar surface area (TPSA) is 0 Å². The van der Waals surface area contributed by atoms with Gasteiger partial charge in [0.2, 0.25) is 0 Å². The van der Waals surface area contributed by atoms with E-state index in [0.29, 0.717) is 3.43 Å². The average molecular weight is 558 g/mol. The van der Waals surface area contributed by atoms with Gasteiger partial charge in [-0.1, -0.05) is 0 Å². The molecular formula is C31H66Sn. The second-order valence-electron chi connectivity index (χ2n) is 12.0. The maximum absolute atomic E-state index is 2.85. The Bertz CT molecular complexity index is 351. The van der Waals surface area contributed by atoms with Gasteiger partial charge in [0.05, 0.1) is 0 Å². The zero-order valence-electron chi connectivity index (χ0n) is 24.9. The van der Waals surface area contributed by atoms with Crippen LogP contribution in [0.3, 0.4) is 0 Å². The first kappa shape index (κ1) is 32.8. The molecule has 0 bridgehead atoms. The van der Waals surface area contributed by atoms with E-state index in [1.54, 1.807) is 0 Å². The molecule has 0 radical (unpaired) electrons. The molecule has 0 aromatic rings. The Morgan fingerprint density at radius 3 is 0.812 bits per heavy atom. The van der Waals surface area contributed by atoms with Crippen LogP contribution in [-0.4, -0.2) is 18.4 Å². The fourth-order valence-corrected chi connectivity index (χ4v) is 40.2. The number of hydrogen-bond donors (Lipinski definition) is 0. The van der Waals surface area contributed by atoms with Crippen LogP contribution < -0.4 is 0 Å². The van der Waals surface area contributed by atoms with Gasteiger partial charge >= 0.3 is 211 Å². The van der Waals surface area contributed by atoms with Crippen molar-refractivity contribution in [2.45, 2.75) is 175 Å². The summed E-state index contributed by atoms with van der Waals surface area (Å²) >= 11 is -2.85. The summed E-state index contributed by atoms with van der Waals surface area (Å²) in [6.45, 7) is 31.3. The van der Waals surface area contributed by atoms with Crippen LogP contribution in [0.15, 0.2) is 0 Å². The Morgan fingerprint density at radius 1 is 0.406 bits per heavy atom. The minimum atomic E-state index is -2.85. The van der Waals surface area contributed by atoms with Crippen LogP contribution >= 0.6 is 0 Å². The first-order valence-corrected chi connectivity index (χ1v) is 21.5. The second-order valence-corrected chi connectivity index (χ2v) is 28.2. The van der Waals surface area contributed by atoms with Gasteiger partial charge in [0.15, 0.2) is 0 Å². The molecule has 6 unspecified atom stereocenters. The van der Waals surface area contributed by atoms with E-state index >= 15 is 0 Å². The maximum atomic E-state index is 2.78. The monoisotopic (exact) mass is 558 g/mol. The average Bonchev–Trinajstić information content (AvgIpc) is 2.72. The first-order valence-electron chi connectivity index (χ1n) is 15.1. The summed E-state index contributed by atoms with van der Waals surface area (Å²) in [5.41, 5.74) is 0. The molecule has 0 N–H and O–H groups in total. The van der Waals surface area contributed by atoms with E-state index in [0.717, 1.165) is 29.6 Å². The molecule has 0 spiro atoms. The Hall–Kier alpha value is 0.799. The summed E-state index contributed by atoms with van der Waals surface area (Å²) in [6, 6.07) is 0. The summed E-state index contributed by atoms with van der Waals surface area (Å²) < 4.78 is 3.61. The van der Waals surface area contributed by atoms with Crippen LogP contribution in [0.1, 0.15) is 160 Å². The fraction of sp³-hybridized carbons (Fsp3) is 1.00. The molecule has 0 aromatic carbocycles. The molecule has 194 valence electrons. The third-order valence-electron chi connectivity index (χ3n) is 9.97. The Balaban J connectivity index is 7.55. The molecule has 6 atom stereocenters. The molecule has 0 fully saturated rings. The summed E-state index contributed by atoms with van der Waals surface area (Å²) in [6.07, 6.45) is 17.0. The molecule has 0 aromatic heterocycles. The van der Waals surface area contributed by atoms with Gasteiger partial charge in [-0.3, -0.25) is 0 Å². The van der Waals surface area contributed by atoms with Crippen LogP contribution in [0, 0.1) is 17.8 Å². The molecule has 0 aliphatic rings. The van der Waals surface area contributed by atoms with Crippen LogP contribution in [0.2, 0.25) is 15.2 Å². The van der Waals surface area contributed by atoms with E-state index in [1.807, 2.05) is 0 Å². The SMILES string of the molecule is CCCC(C)[C](C(C)CCC)(C(C)CCC)[Sn]([CH](C)CCC)([CH](C)CCC)[CH](C)CCC. The Morgan fingerprint density at radius 2 is 0.625 bits per heavy atom. The van der Waals surface area contributed by atoms with Gasteiger partial charge in [-0.15, -0.1) is 0 Å². The Kier molecular flexibility index (Phi) is 16.9. The Labute approximate surface area is 210 Å². The van der Waals surface area contributed by atoms with Gasteiger partial charge in [-0.25, -0.2) is 0 Å². The van der Waals surface area contributed by atoms with E-state index in [1.165, 1.54) is 77.0 Å². The van der Waals surface area contributed by atoms with Gasteiger partial charge in [-0.2, -0.15) is 0 Å². The van der Waals surface area contributed by atoms with E-state index in [9.17, 15) is 0 Å². The van der Waals surface area contributed by atoms with Crippen LogP contribution in [0.4, 0.5) is 0 Å². The second kappa shape index (κ2) is 16.5.